The van der Waals surface area contributed by atoms with Crippen LogP contribution in [0.25, 0.3) is 0 Å². The summed E-state index contributed by atoms with van der Waals surface area (Å²) in [6.45, 7) is 2.84. The summed E-state index contributed by atoms with van der Waals surface area (Å²) in [5.41, 5.74) is 11.0. The lowest BCUT2D eigenvalue weighted by Crippen LogP contribution is -2.19. The van der Waals surface area contributed by atoms with Gasteiger partial charge in [0.1, 0.15) is 5.82 Å². The number of para-hydroxylation sites is 1. The number of nitrogens with two attached hydrogens (primary N) is 1. The van der Waals surface area contributed by atoms with Gasteiger partial charge in [-0.3, -0.25) is 0 Å². The first-order valence-electron chi connectivity index (χ1n) is 7.54. The molecule has 4 rings (SSSR count). The molecule has 0 aliphatic carbocycles. The molecule has 0 spiro atoms. The molecule has 108 valence electrons. The maximum absolute atomic E-state index is 6.19. The molecule has 2 aliphatic heterocycles. The van der Waals surface area contributed by atoms with Gasteiger partial charge in [0.15, 0.2) is 0 Å². The van der Waals surface area contributed by atoms with Crippen LogP contribution in [0.5, 0.6) is 0 Å². The number of hydrogen-bond donors (Lipinski definition) is 2. The van der Waals surface area contributed by atoms with Crippen LogP contribution >= 0.6 is 0 Å². The zero-order chi connectivity index (χ0) is 14.2. The van der Waals surface area contributed by atoms with Gasteiger partial charge in [0.25, 0.3) is 0 Å². The Hall–Kier alpha value is -2.14. The molecule has 0 amide bonds. The van der Waals surface area contributed by atoms with E-state index in [2.05, 4.69) is 39.5 Å². The summed E-state index contributed by atoms with van der Waals surface area (Å²) in [4.78, 5) is 11.6. The number of hydrogen-bond acceptors (Lipinski definition) is 5. The third-order valence-corrected chi connectivity index (χ3v) is 4.33. The summed E-state index contributed by atoms with van der Waals surface area (Å²) in [6, 6.07) is 8.45. The van der Waals surface area contributed by atoms with Gasteiger partial charge in [0, 0.05) is 30.8 Å². The Kier molecular flexibility index (Phi) is 3.00. The van der Waals surface area contributed by atoms with Crippen LogP contribution in [0, 0.1) is 0 Å². The highest BCUT2D eigenvalue weighted by Gasteiger charge is 2.24. The average Bonchev–Trinajstić information content (AvgIpc) is 2.78. The second kappa shape index (κ2) is 5.00. The Bertz CT molecular complexity index is 682. The van der Waals surface area contributed by atoms with Gasteiger partial charge in [-0.05, 0) is 31.0 Å². The summed E-state index contributed by atoms with van der Waals surface area (Å²) in [6.07, 6.45) is 2.88. The normalized spacial score (nSPS) is 17.2. The highest BCUT2D eigenvalue weighted by molar-refractivity contribution is 5.66. The Labute approximate surface area is 124 Å². The van der Waals surface area contributed by atoms with Gasteiger partial charge in [0.05, 0.1) is 5.69 Å². The van der Waals surface area contributed by atoms with Crippen LogP contribution < -0.4 is 16.0 Å². The number of nitrogens with zero attached hydrogens (tertiary/aromatic N) is 3. The second-order valence-electron chi connectivity index (χ2n) is 5.61. The third kappa shape index (κ3) is 2.14. The molecule has 3 N–H and O–H groups in total. The second-order valence-corrected chi connectivity index (χ2v) is 5.61. The van der Waals surface area contributed by atoms with Crippen molar-refractivity contribution in [2.45, 2.75) is 19.3 Å². The van der Waals surface area contributed by atoms with E-state index in [9.17, 15) is 0 Å². The van der Waals surface area contributed by atoms with Gasteiger partial charge >= 0.3 is 0 Å². The maximum atomic E-state index is 6.19. The van der Waals surface area contributed by atoms with Crippen LogP contribution in [0.4, 0.5) is 17.5 Å². The molecule has 1 aromatic carbocycles. The average molecular weight is 281 g/mol. The molecule has 21 heavy (non-hydrogen) atoms. The molecule has 0 atom stereocenters. The molecule has 0 radical (unpaired) electrons. The number of nitrogen functional groups attached to an aromatic ring is 1. The summed E-state index contributed by atoms with van der Waals surface area (Å²) >= 11 is 0. The van der Waals surface area contributed by atoms with E-state index in [0.29, 0.717) is 5.82 Å². The molecule has 0 fully saturated rings. The Morgan fingerprint density at radius 2 is 1.90 bits per heavy atom. The van der Waals surface area contributed by atoms with Gasteiger partial charge in [-0.1, -0.05) is 18.2 Å². The lowest BCUT2D eigenvalue weighted by atomic mass is 10.1. The van der Waals surface area contributed by atoms with Crippen LogP contribution in [-0.2, 0) is 19.3 Å². The standard InChI is InChI=1S/C16H19N5/c17-15-12-5-8-18-9-6-13(12)19-16(20-15)21-10-7-11-3-1-2-4-14(11)21/h1-4,18H,5-10H2,(H2,17,19,20). The number of aromatic nitrogens is 2. The number of benzene rings is 1. The van der Waals surface area contributed by atoms with E-state index in [1.54, 1.807) is 0 Å². The van der Waals surface area contributed by atoms with E-state index >= 15 is 0 Å². The van der Waals surface area contributed by atoms with Crippen molar-refractivity contribution in [1.29, 1.82) is 0 Å². The maximum Gasteiger partial charge on any atom is 0.232 e. The molecule has 3 heterocycles. The fourth-order valence-corrected chi connectivity index (χ4v) is 3.23. The largest absolute Gasteiger partial charge is 0.383 e. The Morgan fingerprint density at radius 1 is 1.05 bits per heavy atom. The van der Waals surface area contributed by atoms with Gasteiger partial charge < -0.3 is 16.0 Å². The summed E-state index contributed by atoms with van der Waals surface area (Å²) < 4.78 is 0. The van der Waals surface area contributed by atoms with E-state index in [1.807, 2.05) is 0 Å². The zero-order valence-corrected chi connectivity index (χ0v) is 12.0. The van der Waals surface area contributed by atoms with E-state index in [-0.39, 0.29) is 0 Å². The fourth-order valence-electron chi connectivity index (χ4n) is 3.23. The molecule has 2 aromatic rings. The lowest BCUT2D eigenvalue weighted by Gasteiger charge is -2.19. The van der Waals surface area contributed by atoms with E-state index < -0.39 is 0 Å². The first-order valence-corrected chi connectivity index (χ1v) is 7.54. The van der Waals surface area contributed by atoms with Crippen molar-refractivity contribution >= 4 is 17.5 Å². The summed E-state index contributed by atoms with van der Waals surface area (Å²) in [7, 11) is 0. The number of rotatable bonds is 1. The van der Waals surface area contributed by atoms with Crippen LogP contribution in [0.1, 0.15) is 16.8 Å². The van der Waals surface area contributed by atoms with Gasteiger partial charge in [-0.25, -0.2) is 4.98 Å². The molecule has 0 bridgehead atoms. The molecular weight excluding hydrogens is 262 g/mol. The Morgan fingerprint density at radius 3 is 2.86 bits per heavy atom. The first kappa shape index (κ1) is 12.6. The van der Waals surface area contributed by atoms with E-state index in [1.165, 1.54) is 11.3 Å². The SMILES string of the molecule is Nc1nc(N2CCc3ccccc32)nc2c1CCNCC2. The van der Waals surface area contributed by atoms with Crippen LogP contribution in [0.2, 0.25) is 0 Å². The van der Waals surface area contributed by atoms with Crippen molar-refractivity contribution in [3.63, 3.8) is 0 Å². The monoisotopic (exact) mass is 281 g/mol. The number of anilines is 3. The van der Waals surface area contributed by atoms with Gasteiger partial charge in [-0.15, -0.1) is 0 Å². The minimum Gasteiger partial charge on any atom is -0.383 e. The number of nitrogens with one attached hydrogen (secondary N) is 1. The lowest BCUT2D eigenvalue weighted by molar-refractivity contribution is 0.708. The van der Waals surface area contributed by atoms with Crippen LogP contribution in [-0.4, -0.2) is 29.6 Å². The molecule has 0 unspecified atom stereocenters. The van der Waals surface area contributed by atoms with Crippen molar-refractivity contribution in [3.05, 3.63) is 41.1 Å². The summed E-state index contributed by atoms with van der Waals surface area (Å²) in [5.74, 6) is 1.39. The first-order chi connectivity index (χ1) is 10.3. The van der Waals surface area contributed by atoms with Gasteiger partial charge in [0.2, 0.25) is 5.95 Å². The molecular formula is C16H19N5. The minimum atomic E-state index is 0.642. The van der Waals surface area contributed by atoms with Crippen molar-refractivity contribution in [2.75, 3.05) is 30.3 Å². The quantitative estimate of drug-likeness (QED) is 0.828. The predicted octanol–water partition coefficient (Wildman–Crippen LogP) is 1.44. The third-order valence-electron chi connectivity index (χ3n) is 4.33. The molecule has 5 nitrogen and oxygen atoms in total. The topological polar surface area (TPSA) is 67.1 Å². The van der Waals surface area contributed by atoms with Crippen molar-refractivity contribution < 1.29 is 0 Å². The van der Waals surface area contributed by atoms with E-state index in [4.69, 9.17) is 10.7 Å². The smallest absolute Gasteiger partial charge is 0.232 e. The summed E-state index contributed by atoms with van der Waals surface area (Å²) in [5, 5.41) is 3.39. The van der Waals surface area contributed by atoms with Crippen LogP contribution in [0.15, 0.2) is 24.3 Å². The predicted molar refractivity (Wildman–Crippen MR) is 83.9 cm³/mol. The molecule has 1 aromatic heterocycles. The molecule has 5 heteroatoms. The van der Waals surface area contributed by atoms with Crippen molar-refractivity contribution in [2.24, 2.45) is 0 Å². The van der Waals surface area contributed by atoms with Crippen LogP contribution in [0.3, 0.4) is 0 Å². The minimum absolute atomic E-state index is 0.642. The highest BCUT2D eigenvalue weighted by atomic mass is 15.3. The molecule has 2 aliphatic rings. The van der Waals surface area contributed by atoms with Crippen molar-refractivity contribution in [3.8, 4) is 0 Å². The van der Waals surface area contributed by atoms with E-state index in [0.717, 1.165) is 56.1 Å². The van der Waals surface area contributed by atoms with Crippen molar-refractivity contribution in [1.82, 2.24) is 15.3 Å². The number of fused-ring (bicyclic) bond motifs is 2. The van der Waals surface area contributed by atoms with Gasteiger partial charge in [-0.2, -0.15) is 4.98 Å². The highest BCUT2D eigenvalue weighted by Crippen LogP contribution is 2.33. The Balaban J connectivity index is 1.77. The fraction of sp³-hybridized carbons (Fsp3) is 0.375. The zero-order valence-electron chi connectivity index (χ0n) is 12.0. The molecule has 0 saturated heterocycles. The molecule has 0 saturated carbocycles.